The predicted octanol–water partition coefficient (Wildman–Crippen LogP) is 6.44. The Morgan fingerprint density at radius 2 is 1.72 bits per heavy atom. The molecule has 1 heterocycles. The van der Waals surface area contributed by atoms with Gasteiger partial charge in [0, 0.05) is 47.5 Å². The number of nitrogens with one attached hydrogen (secondary N) is 2. The lowest BCUT2D eigenvalue weighted by Gasteiger charge is -2.34. The minimum Gasteiger partial charge on any atom is -0.399 e. The number of amides is 1. The molecule has 0 atom stereocenters. The van der Waals surface area contributed by atoms with Crippen molar-refractivity contribution in [1.82, 2.24) is 4.90 Å². The summed E-state index contributed by atoms with van der Waals surface area (Å²) in [6.45, 7) is 3.99. The first-order chi connectivity index (χ1) is 17.6. The van der Waals surface area contributed by atoms with Gasteiger partial charge in [-0.1, -0.05) is 61.7 Å². The highest BCUT2D eigenvalue weighted by molar-refractivity contribution is 6.32. The van der Waals surface area contributed by atoms with E-state index in [1.54, 1.807) is 6.07 Å². The Kier molecular flexibility index (Phi) is 7.38. The van der Waals surface area contributed by atoms with Gasteiger partial charge >= 0.3 is 0 Å². The highest BCUT2D eigenvalue weighted by Crippen LogP contribution is 2.35. The topological polar surface area (TPSA) is 70.4 Å². The van der Waals surface area contributed by atoms with Gasteiger partial charge in [0.25, 0.3) is 5.91 Å². The molecule has 0 saturated heterocycles. The molecule has 1 aliphatic carbocycles. The number of nitrogens with two attached hydrogens (primary N) is 1. The number of hydrogen-bond donors (Lipinski definition) is 3. The van der Waals surface area contributed by atoms with Crippen LogP contribution in [0.1, 0.15) is 55.7 Å². The first-order valence-electron chi connectivity index (χ1n) is 13.1. The first-order valence-corrected chi connectivity index (χ1v) is 13.1. The van der Waals surface area contributed by atoms with Crippen molar-refractivity contribution >= 4 is 28.5 Å². The zero-order chi connectivity index (χ0) is 24.9. The first kappa shape index (κ1) is 24.1. The van der Waals surface area contributed by atoms with Crippen molar-refractivity contribution in [3.8, 4) is 0 Å². The summed E-state index contributed by atoms with van der Waals surface area (Å²) in [4.78, 5) is 15.3. The van der Waals surface area contributed by atoms with E-state index in [1.807, 2.05) is 19.1 Å². The van der Waals surface area contributed by atoms with Crippen LogP contribution in [0.25, 0.3) is 5.57 Å². The van der Waals surface area contributed by atoms with Crippen molar-refractivity contribution in [1.29, 1.82) is 0 Å². The van der Waals surface area contributed by atoms with E-state index in [9.17, 15) is 4.79 Å². The summed E-state index contributed by atoms with van der Waals surface area (Å²) >= 11 is 0. The second kappa shape index (κ2) is 11.0. The summed E-state index contributed by atoms with van der Waals surface area (Å²) < 4.78 is 0. The van der Waals surface area contributed by atoms with Crippen molar-refractivity contribution < 1.29 is 4.79 Å². The van der Waals surface area contributed by atoms with Gasteiger partial charge < -0.3 is 16.4 Å². The predicted molar refractivity (Wildman–Crippen MR) is 150 cm³/mol. The molecule has 1 fully saturated rings. The van der Waals surface area contributed by atoms with Gasteiger partial charge in [-0.25, -0.2) is 0 Å². The van der Waals surface area contributed by atoms with Gasteiger partial charge in [-0.05, 0) is 67.6 Å². The van der Waals surface area contributed by atoms with Crippen molar-refractivity contribution in [2.75, 3.05) is 22.9 Å². The van der Waals surface area contributed by atoms with Crippen LogP contribution < -0.4 is 16.4 Å². The molecule has 0 spiro atoms. The average Bonchev–Trinajstić information content (AvgIpc) is 3.23. The number of rotatable bonds is 8. The normalized spacial score (nSPS) is 17.1. The van der Waals surface area contributed by atoms with E-state index in [2.05, 4.69) is 70.1 Å². The summed E-state index contributed by atoms with van der Waals surface area (Å²) in [7, 11) is 0. The summed E-state index contributed by atoms with van der Waals surface area (Å²) in [5.74, 6) is -0.0984. The van der Waals surface area contributed by atoms with E-state index in [0.717, 1.165) is 42.1 Å². The number of carbonyl (C=O) groups is 1. The third-order valence-corrected chi connectivity index (χ3v) is 7.46. The van der Waals surface area contributed by atoms with Gasteiger partial charge in [0.05, 0.1) is 5.57 Å². The van der Waals surface area contributed by atoms with Gasteiger partial charge in [0.2, 0.25) is 0 Å². The largest absolute Gasteiger partial charge is 0.399 e. The number of nitrogen functional groups attached to an aromatic ring is 1. The number of anilines is 3. The Balaban J connectivity index is 1.28. The number of fused-ring (bicyclic) bond motifs is 1. The quantitative estimate of drug-likeness (QED) is 0.256. The molecule has 5 heteroatoms. The molecule has 0 radical (unpaired) electrons. The van der Waals surface area contributed by atoms with Crippen LogP contribution in [0.3, 0.4) is 0 Å². The van der Waals surface area contributed by atoms with Gasteiger partial charge in [0.1, 0.15) is 0 Å². The Labute approximate surface area is 214 Å². The van der Waals surface area contributed by atoms with Gasteiger partial charge in [-0.3, -0.25) is 9.69 Å². The van der Waals surface area contributed by atoms with Crippen LogP contribution in [0.4, 0.5) is 17.1 Å². The van der Waals surface area contributed by atoms with Crippen molar-refractivity contribution in [2.45, 2.75) is 58.0 Å². The molecule has 5 rings (SSSR count). The van der Waals surface area contributed by atoms with E-state index < -0.39 is 0 Å². The third kappa shape index (κ3) is 5.63. The van der Waals surface area contributed by atoms with Crippen LogP contribution in [0.2, 0.25) is 0 Å². The molecule has 4 N–H and O–H groups in total. The number of hydrogen-bond acceptors (Lipinski definition) is 4. The van der Waals surface area contributed by atoms with E-state index in [4.69, 9.17) is 5.73 Å². The van der Waals surface area contributed by atoms with Gasteiger partial charge in [0.15, 0.2) is 0 Å². The lowest BCUT2D eigenvalue weighted by atomic mass is 9.93. The standard InChI is InChI=1S/C31H36N4O/c1-22(30-28-20-25(32)14-17-29(28)34-31(30)36)33-26-15-12-24(13-16-26)21-35(27-10-6-3-7-11-27)19-18-23-8-4-2-5-9-23/h2,4-5,8-9,12-17,20,27,33H,3,6-7,10-11,18-19,21,32H2,1H3,(H,34,36)/b30-22-. The zero-order valence-corrected chi connectivity index (χ0v) is 21.1. The second-order valence-electron chi connectivity index (χ2n) is 10.1. The van der Waals surface area contributed by atoms with Crippen LogP contribution in [-0.4, -0.2) is 23.4 Å². The average molecular weight is 481 g/mol. The number of allylic oxidation sites excluding steroid dienone is 1. The smallest absolute Gasteiger partial charge is 0.258 e. The molecule has 3 aromatic rings. The molecule has 36 heavy (non-hydrogen) atoms. The molecule has 1 aliphatic heterocycles. The molecule has 186 valence electrons. The van der Waals surface area contributed by atoms with Crippen molar-refractivity contribution in [2.24, 2.45) is 0 Å². The minimum atomic E-state index is -0.0984. The Morgan fingerprint density at radius 1 is 0.972 bits per heavy atom. The van der Waals surface area contributed by atoms with Crippen LogP contribution in [0.5, 0.6) is 0 Å². The monoisotopic (exact) mass is 480 g/mol. The lowest BCUT2D eigenvalue weighted by Crippen LogP contribution is -2.37. The van der Waals surface area contributed by atoms with Gasteiger partial charge in [-0.2, -0.15) is 0 Å². The lowest BCUT2D eigenvalue weighted by molar-refractivity contribution is -0.110. The third-order valence-electron chi connectivity index (χ3n) is 7.46. The summed E-state index contributed by atoms with van der Waals surface area (Å²) in [6, 6.07) is 25.6. The second-order valence-corrected chi connectivity index (χ2v) is 10.1. The summed E-state index contributed by atoms with van der Waals surface area (Å²) in [6.07, 6.45) is 7.73. The molecule has 1 amide bonds. The van der Waals surface area contributed by atoms with Crippen molar-refractivity contribution in [3.05, 3.63) is 95.2 Å². The van der Waals surface area contributed by atoms with E-state index in [-0.39, 0.29) is 5.91 Å². The van der Waals surface area contributed by atoms with E-state index in [0.29, 0.717) is 17.3 Å². The van der Waals surface area contributed by atoms with Crippen LogP contribution in [0, 0.1) is 0 Å². The number of carbonyl (C=O) groups excluding carboxylic acids is 1. The van der Waals surface area contributed by atoms with E-state index >= 15 is 0 Å². The highest BCUT2D eigenvalue weighted by atomic mass is 16.2. The molecule has 0 unspecified atom stereocenters. The SMILES string of the molecule is C/C(Nc1ccc(CN(CCc2ccccc2)C2CCCCC2)cc1)=C1/C(=O)Nc2ccc(N)cc21. The minimum absolute atomic E-state index is 0.0984. The van der Waals surface area contributed by atoms with Crippen LogP contribution in [-0.2, 0) is 17.8 Å². The molecule has 1 saturated carbocycles. The molecular formula is C31H36N4O. The zero-order valence-electron chi connectivity index (χ0n) is 21.1. The molecule has 3 aromatic carbocycles. The molecule has 2 aliphatic rings. The van der Waals surface area contributed by atoms with E-state index in [1.165, 1.54) is 43.2 Å². The Bertz CT molecular complexity index is 1230. The summed E-state index contributed by atoms with van der Waals surface area (Å²) in [5.41, 5.74) is 13.4. The molecule has 0 bridgehead atoms. The maximum absolute atomic E-state index is 12.6. The maximum Gasteiger partial charge on any atom is 0.258 e. The Hall–Kier alpha value is -3.57. The summed E-state index contributed by atoms with van der Waals surface area (Å²) in [5, 5.41) is 6.36. The fourth-order valence-corrected chi connectivity index (χ4v) is 5.52. The van der Waals surface area contributed by atoms with Crippen LogP contribution >= 0.6 is 0 Å². The molecule has 5 nitrogen and oxygen atoms in total. The van der Waals surface area contributed by atoms with Crippen molar-refractivity contribution in [3.63, 3.8) is 0 Å². The van der Waals surface area contributed by atoms with Gasteiger partial charge in [-0.15, -0.1) is 0 Å². The highest BCUT2D eigenvalue weighted by Gasteiger charge is 2.26. The molecular weight excluding hydrogens is 444 g/mol. The fourth-order valence-electron chi connectivity index (χ4n) is 5.52. The fraction of sp³-hybridized carbons (Fsp3) is 0.323. The Morgan fingerprint density at radius 3 is 2.47 bits per heavy atom. The number of nitrogens with zero attached hydrogens (tertiary/aromatic N) is 1. The van der Waals surface area contributed by atoms with Crippen LogP contribution in [0.15, 0.2) is 78.5 Å². The molecule has 0 aromatic heterocycles. The number of benzene rings is 3. The maximum atomic E-state index is 12.6.